The zero-order valence-corrected chi connectivity index (χ0v) is 9.53. The minimum atomic E-state index is -0.917. The predicted octanol–water partition coefficient (Wildman–Crippen LogP) is 0.0616. The van der Waals surface area contributed by atoms with Crippen molar-refractivity contribution in [3.63, 3.8) is 0 Å². The quantitative estimate of drug-likeness (QED) is 0.698. The van der Waals surface area contributed by atoms with E-state index in [2.05, 4.69) is 5.32 Å². The molecule has 5 heteroatoms. The average molecular weight is 226 g/mol. The molecule has 0 aromatic rings. The molecule has 0 aromatic heterocycles. The Morgan fingerprint density at radius 1 is 1.50 bits per heavy atom. The summed E-state index contributed by atoms with van der Waals surface area (Å²) >= 11 is 0. The zero-order valence-electron chi connectivity index (χ0n) is 9.53. The van der Waals surface area contributed by atoms with E-state index in [-0.39, 0.29) is 11.3 Å². The molecule has 2 heterocycles. The van der Waals surface area contributed by atoms with Crippen molar-refractivity contribution in [1.82, 2.24) is 10.2 Å². The second-order valence-corrected chi connectivity index (χ2v) is 4.96. The third-order valence-corrected chi connectivity index (χ3v) is 3.84. The molecule has 16 heavy (non-hydrogen) atoms. The first-order valence-corrected chi connectivity index (χ1v) is 5.77. The molecule has 1 amide bonds. The van der Waals surface area contributed by atoms with Crippen LogP contribution in [0.4, 0.5) is 0 Å². The first kappa shape index (κ1) is 11.4. The molecular formula is C11H18N2O3. The molecule has 0 saturated carbocycles. The second kappa shape index (κ2) is 4.05. The van der Waals surface area contributed by atoms with Crippen molar-refractivity contribution in [3.05, 3.63) is 0 Å². The van der Waals surface area contributed by atoms with E-state index in [1.165, 1.54) is 4.90 Å². The minimum Gasteiger partial charge on any atom is -0.480 e. The lowest BCUT2D eigenvalue weighted by atomic mass is 9.78. The average Bonchev–Trinajstić information content (AvgIpc) is 2.55. The van der Waals surface area contributed by atoms with Gasteiger partial charge in [0, 0.05) is 13.0 Å². The maximum atomic E-state index is 11.8. The Morgan fingerprint density at radius 2 is 2.12 bits per heavy atom. The first-order valence-electron chi connectivity index (χ1n) is 5.77. The summed E-state index contributed by atoms with van der Waals surface area (Å²) in [6.45, 7) is 4.06. The topological polar surface area (TPSA) is 69.6 Å². The van der Waals surface area contributed by atoms with Crippen LogP contribution < -0.4 is 5.32 Å². The van der Waals surface area contributed by atoms with E-state index >= 15 is 0 Å². The van der Waals surface area contributed by atoms with Crippen LogP contribution in [0, 0.1) is 5.41 Å². The number of aliphatic carboxylic acids is 1. The zero-order chi connectivity index (χ0) is 11.8. The smallest absolute Gasteiger partial charge is 0.326 e. The number of nitrogens with one attached hydrogen (secondary N) is 1. The predicted molar refractivity (Wildman–Crippen MR) is 58.0 cm³/mol. The molecule has 90 valence electrons. The number of carbonyl (C=O) groups is 2. The first-order chi connectivity index (χ1) is 7.54. The summed E-state index contributed by atoms with van der Waals surface area (Å²) in [4.78, 5) is 24.3. The van der Waals surface area contributed by atoms with E-state index in [1.54, 1.807) is 6.92 Å². The molecule has 5 nitrogen and oxygen atoms in total. The van der Waals surface area contributed by atoms with E-state index in [1.807, 2.05) is 0 Å². The molecule has 0 bridgehead atoms. The highest BCUT2D eigenvalue weighted by Gasteiger charge is 2.45. The summed E-state index contributed by atoms with van der Waals surface area (Å²) in [5, 5.41) is 12.2. The number of amides is 1. The lowest BCUT2D eigenvalue weighted by Gasteiger charge is -2.33. The molecule has 1 atom stereocenters. The summed E-state index contributed by atoms with van der Waals surface area (Å²) in [5.74, 6) is -0.920. The van der Waals surface area contributed by atoms with Gasteiger partial charge in [-0.2, -0.15) is 0 Å². The molecule has 0 radical (unpaired) electrons. The molecule has 2 rings (SSSR count). The monoisotopic (exact) mass is 226 g/mol. The van der Waals surface area contributed by atoms with Crippen LogP contribution in [0.15, 0.2) is 0 Å². The van der Waals surface area contributed by atoms with E-state index < -0.39 is 12.0 Å². The molecule has 1 unspecified atom stereocenters. The molecule has 2 saturated heterocycles. The lowest BCUT2D eigenvalue weighted by molar-refractivity contribution is -0.147. The van der Waals surface area contributed by atoms with Gasteiger partial charge in [0.25, 0.3) is 0 Å². The maximum Gasteiger partial charge on any atom is 0.326 e. The lowest BCUT2D eigenvalue weighted by Crippen LogP contribution is -2.43. The van der Waals surface area contributed by atoms with Crippen LogP contribution in [0.1, 0.15) is 26.2 Å². The van der Waals surface area contributed by atoms with Gasteiger partial charge in [0.05, 0.1) is 0 Å². The fraction of sp³-hybridized carbons (Fsp3) is 0.818. The number of nitrogens with zero attached hydrogens (tertiary/aromatic N) is 1. The number of carbonyl (C=O) groups excluding carboxylic acids is 1. The van der Waals surface area contributed by atoms with E-state index in [4.69, 9.17) is 5.11 Å². The van der Waals surface area contributed by atoms with Crippen LogP contribution in [0.25, 0.3) is 0 Å². The third-order valence-electron chi connectivity index (χ3n) is 3.84. The molecule has 2 N–H and O–H groups in total. The normalized spacial score (nSPS) is 26.1. The molecule has 0 aliphatic carbocycles. The molecule has 0 aromatic carbocycles. The molecule has 2 aliphatic heterocycles. The van der Waals surface area contributed by atoms with Crippen molar-refractivity contribution < 1.29 is 14.7 Å². The number of hydrogen-bond donors (Lipinski definition) is 2. The molecule has 2 fully saturated rings. The van der Waals surface area contributed by atoms with Crippen molar-refractivity contribution in [3.8, 4) is 0 Å². The summed E-state index contributed by atoms with van der Waals surface area (Å²) < 4.78 is 0. The maximum absolute atomic E-state index is 11.8. The molecule has 2 aliphatic rings. The van der Waals surface area contributed by atoms with Crippen LogP contribution in [-0.4, -0.2) is 47.6 Å². The Labute approximate surface area is 94.8 Å². The van der Waals surface area contributed by atoms with Gasteiger partial charge in [-0.1, -0.05) is 0 Å². The largest absolute Gasteiger partial charge is 0.480 e. The van der Waals surface area contributed by atoms with Crippen molar-refractivity contribution in [2.75, 3.05) is 19.6 Å². The van der Waals surface area contributed by atoms with Crippen LogP contribution in [0.2, 0.25) is 0 Å². The highest BCUT2D eigenvalue weighted by atomic mass is 16.4. The minimum absolute atomic E-state index is 0.00296. The van der Waals surface area contributed by atoms with E-state index in [9.17, 15) is 9.59 Å². The summed E-state index contributed by atoms with van der Waals surface area (Å²) in [6, 6.07) is -0.693. The van der Waals surface area contributed by atoms with Gasteiger partial charge in [0.15, 0.2) is 0 Å². The Kier molecular flexibility index (Phi) is 2.88. The van der Waals surface area contributed by atoms with Gasteiger partial charge in [0.2, 0.25) is 5.91 Å². The van der Waals surface area contributed by atoms with Crippen LogP contribution >= 0.6 is 0 Å². The van der Waals surface area contributed by atoms with Gasteiger partial charge in [-0.15, -0.1) is 0 Å². The standard InChI is InChI=1S/C11H18N2O3/c1-8(10(15)16)13-7-11(6-9(13)14)2-4-12-5-3-11/h8,12H,2-7H2,1H3,(H,15,16). The van der Waals surface area contributed by atoms with Crippen molar-refractivity contribution in [2.24, 2.45) is 5.41 Å². The molecular weight excluding hydrogens is 208 g/mol. The SMILES string of the molecule is CC(C(=O)O)N1CC2(CCNCC2)CC1=O. The fourth-order valence-electron chi connectivity index (χ4n) is 2.71. The third kappa shape index (κ3) is 1.91. The van der Waals surface area contributed by atoms with Crippen LogP contribution in [0.5, 0.6) is 0 Å². The number of likely N-dealkylation sites (tertiary alicyclic amines) is 1. The Bertz CT molecular complexity index is 310. The van der Waals surface area contributed by atoms with Crippen LogP contribution in [-0.2, 0) is 9.59 Å². The summed E-state index contributed by atoms with van der Waals surface area (Å²) in [7, 11) is 0. The van der Waals surface area contributed by atoms with Gasteiger partial charge >= 0.3 is 5.97 Å². The van der Waals surface area contributed by atoms with Crippen molar-refractivity contribution in [1.29, 1.82) is 0 Å². The van der Waals surface area contributed by atoms with Gasteiger partial charge < -0.3 is 15.3 Å². The number of hydrogen-bond acceptors (Lipinski definition) is 3. The van der Waals surface area contributed by atoms with Crippen molar-refractivity contribution in [2.45, 2.75) is 32.2 Å². The van der Waals surface area contributed by atoms with E-state index in [0.717, 1.165) is 25.9 Å². The number of carboxylic acid groups (broad SMARTS) is 1. The van der Waals surface area contributed by atoms with Crippen molar-refractivity contribution >= 4 is 11.9 Å². The number of rotatable bonds is 2. The number of piperidine rings is 1. The number of carboxylic acids is 1. The highest BCUT2D eigenvalue weighted by molar-refractivity contribution is 5.85. The second-order valence-electron chi connectivity index (χ2n) is 4.96. The Hall–Kier alpha value is -1.10. The van der Waals surface area contributed by atoms with Gasteiger partial charge in [-0.3, -0.25) is 4.79 Å². The fourth-order valence-corrected chi connectivity index (χ4v) is 2.71. The van der Waals surface area contributed by atoms with Gasteiger partial charge in [0.1, 0.15) is 6.04 Å². The van der Waals surface area contributed by atoms with Gasteiger partial charge in [-0.25, -0.2) is 4.79 Å². The summed E-state index contributed by atoms with van der Waals surface area (Å²) in [6.07, 6.45) is 2.47. The highest BCUT2D eigenvalue weighted by Crippen LogP contribution is 2.39. The van der Waals surface area contributed by atoms with E-state index in [0.29, 0.717) is 13.0 Å². The Balaban J connectivity index is 2.08. The summed E-state index contributed by atoms with van der Waals surface area (Å²) in [5.41, 5.74) is 0.0338. The van der Waals surface area contributed by atoms with Crippen LogP contribution in [0.3, 0.4) is 0 Å². The van der Waals surface area contributed by atoms with Gasteiger partial charge in [-0.05, 0) is 38.3 Å². The molecule has 1 spiro atoms. The Morgan fingerprint density at radius 3 is 2.69 bits per heavy atom.